The zero-order valence-electron chi connectivity index (χ0n) is 36.7. The molecule has 1 heterocycles. The SMILES string of the molecule is CCCCCCCCCCCCCCCC(=O)OCC(COP(OCCC#N)OCCC1CCCCN1C)OC(=O)CCCCCCCCCCCCCCC. The molecule has 3 atom stereocenters. The predicted molar refractivity (Wildman–Crippen MR) is 231 cm³/mol. The number of nitriles is 1. The number of nitrogens with zero attached hydrogens (tertiary/aromatic N) is 2. The van der Waals surface area contributed by atoms with Crippen LogP contribution in [0.5, 0.6) is 0 Å². The third kappa shape index (κ3) is 33.6. The smallest absolute Gasteiger partial charge is 0.332 e. The quantitative estimate of drug-likeness (QED) is 0.0339. The second-order valence-electron chi connectivity index (χ2n) is 16.3. The molecule has 0 aromatic heterocycles. The van der Waals surface area contributed by atoms with E-state index in [0.29, 0.717) is 25.5 Å². The Morgan fingerprint density at radius 1 is 0.625 bits per heavy atom. The van der Waals surface area contributed by atoms with Crippen molar-refractivity contribution < 1.29 is 32.6 Å². The van der Waals surface area contributed by atoms with Gasteiger partial charge in [0.2, 0.25) is 0 Å². The molecule has 0 N–H and O–H groups in total. The Morgan fingerprint density at radius 3 is 1.57 bits per heavy atom. The number of ether oxygens (including phenoxy) is 2. The monoisotopic (exact) mass is 811 g/mol. The average Bonchev–Trinajstić information content (AvgIpc) is 3.19. The van der Waals surface area contributed by atoms with Crippen molar-refractivity contribution in [2.24, 2.45) is 0 Å². The molecule has 1 aliphatic heterocycles. The van der Waals surface area contributed by atoms with Gasteiger partial charge in [0.1, 0.15) is 6.61 Å². The number of hydrogen-bond acceptors (Lipinski definition) is 9. The number of hydrogen-bond donors (Lipinski definition) is 0. The summed E-state index contributed by atoms with van der Waals surface area (Å²) in [6, 6.07) is 2.56. The van der Waals surface area contributed by atoms with E-state index in [9.17, 15) is 9.59 Å². The van der Waals surface area contributed by atoms with Crippen LogP contribution in [0.25, 0.3) is 0 Å². The fourth-order valence-electron chi connectivity index (χ4n) is 7.39. The molecule has 0 aromatic carbocycles. The van der Waals surface area contributed by atoms with E-state index < -0.39 is 14.7 Å². The minimum Gasteiger partial charge on any atom is -0.462 e. The van der Waals surface area contributed by atoms with Gasteiger partial charge in [-0.05, 0) is 45.7 Å². The van der Waals surface area contributed by atoms with E-state index >= 15 is 0 Å². The summed E-state index contributed by atoms with van der Waals surface area (Å²) in [6.45, 7) is 6.23. The summed E-state index contributed by atoms with van der Waals surface area (Å²) < 4.78 is 29.3. The van der Waals surface area contributed by atoms with Crippen molar-refractivity contribution in [3.63, 3.8) is 0 Å². The van der Waals surface area contributed by atoms with Crippen molar-refractivity contribution in [3.8, 4) is 6.07 Å². The normalized spacial score (nSPS) is 15.7. The lowest BCUT2D eigenvalue weighted by Crippen LogP contribution is -2.36. The Balaban J connectivity index is 2.45. The Kier molecular flexibility index (Phi) is 38.1. The molecule has 56 heavy (non-hydrogen) atoms. The summed E-state index contributed by atoms with van der Waals surface area (Å²) >= 11 is 0. The van der Waals surface area contributed by atoms with Crippen molar-refractivity contribution in [2.45, 2.75) is 238 Å². The first-order chi connectivity index (χ1) is 27.5. The van der Waals surface area contributed by atoms with Crippen LogP contribution in [-0.4, -0.2) is 69.0 Å². The molecule has 1 aliphatic rings. The van der Waals surface area contributed by atoms with Crippen molar-refractivity contribution in [1.82, 2.24) is 4.90 Å². The number of esters is 2. The maximum Gasteiger partial charge on any atom is 0.332 e. The van der Waals surface area contributed by atoms with Crippen molar-refractivity contribution in [3.05, 3.63) is 0 Å². The van der Waals surface area contributed by atoms with Gasteiger partial charge >= 0.3 is 20.5 Å². The van der Waals surface area contributed by atoms with Crippen molar-refractivity contribution in [2.75, 3.05) is 40.0 Å². The van der Waals surface area contributed by atoms with Gasteiger partial charge in [-0.25, -0.2) is 0 Å². The topological polar surface area (TPSA) is 107 Å². The summed E-state index contributed by atoms with van der Waals surface area (Å²) in [6.07, 6.45) is 37.1. The Hall–Kier alpha value is -1.30. The second-order valence-corrected chi connectivity index (χ2v) is 17.5. The first-order valence-electron chi connectivity index (χ1n) is 23.6. The van der Waals surface area contributed by atoms with Gasteiger partial charge in [-0.2, -0.15) is 5.26 Å². The first-order valence-corrected chi connectivity index (χ1v) is 24.7. The highest BCUT2D eigenvalue weighted by Crippen LogP contribution is 2.40. The van der Waals surface area contributed by atoms with E-state index in [2.05, 4.69) is 31.9 Å². The molecular weight excluding hydrogens is 723 g/mol. The summed E-state index contributed by atoms with van der Waals surface area (Å²) in [7, 11) is 0.406. The van der Waals surface area contributed by atoms with Crippen LogP contribution in [0, 0.1) is 11.3 Å². The van der Waals surface area contributed by atoms with E-state index in [1.807, 2.05) is 0 Å². The first kappa shape index (κ1) is 52.7. The number of rotatable bonds is 41. The Morgan fingerprint density at radius 2 is 1.09 bits per heavy atom. The predicted octanol–water partition coefficient (Wildman–Crippen LogP) is 13.5. The largest absolute Gasteiger partial charge is 0.462 e. The molecule has 0 saturated carbocycles. The average molecular weight is 811 g/mol. The molecule has 0 aliphatic carbocycles. The zero-order chi connectivity index (χ0) is 40.6. The highest BCUT2D eigenvalue weighted by atomic mass is 31.2. The molecule has 0 aromatic rings. The minimum atomic E-state index is -1.75. The van der Waals surface area contributed by atoms with Gasteiger partial charge in [0, 0.05) is 18.9 Å². The fourth-order valence-corrected chi connectivity index (χ4v) is 8.39. The van der Waals surface area contributed by atoms with E-state index in [1.54, 1.807) is 0 Å². The molecule has 0 spiro atoms. The number of piperidine rings is 1. The lowest BCUT2D eigenvalue weighted by Gasteiger charge is -2.32. The maximum atomic E-state index is 12.9. The number of unbranched alkanes of at least 4 members (excludes halogenated alkanes) is 24. The summed E-state index contributed by atoms with van der Waals surface area (Å²) in [5.41, 5.74) is 0. The number of carbonyl (C=O) groups excluding carboxylic acids is 2. The molecule has 0 amide bonds. The van der Waals surface area contributed by atoms with Crippen LogP contribution >= 0.6 is 8.60 Å². The summed E-state index contributed by atoms with van der Waals surface area (Å²) in [5.74, 6) is -0.573. The molecule has 1 saturated heterocycles. The molecule has 0 bridgehead atoms. The minimum absolute atomic E-state index is 0.00203. The third-order valence-corrected chi connectivity index (χ3v) is 12.2. The van der Waals surface area contributed by atoms with Crippen LogP contribution in [0.3, 0.4) is 0 Å². The van der Waals surface area contributed by atoms with Crippen LogP contribution < -0.4 is 0 Å². The van der Waals surface area contributed by atoms with Gasteiger partial charge in [0.25, 0.3) is 0 Å². The standard InChI is InChI=1S/C46H87N2O7P/c1-4-6-8-10-12-14-16-18-20-22-24-26-28-34-45(49)51-41-44(55-46(50)35-29-27-25-23-21-19-17-15-13-11-9-7-5-2)42-54-56(52-39-32-37-47)53-40-36-43-33-30-31-38-48(43)3/h43-44H,4-36,38-42H2,1-3H3. The summed E-state index contributed by atoms with van der Waals surface area (Å²) in [5, 5.41) is 9.04. The van der Waals surface area contributed by atoms with Gasteiger partial charge in [0.05, 0.1) is 32.3 Å². The van der Waals surface area contributed by atoms with Gasteiger partial charge < -0.3 is 27.9 Å². The van der Waals surface area contributed by atoms with Crippen LogP contribution in [-0.2, 0) is 32.6 Å². The second kappa shape index (κ2) is 40.5. The van der Waals surface area contributed by atoms with E-state index in [4.69, 9.17) is 28.3 Å². The Bertz CT molecular complexity index is 936. The third-order valence-electron chi connectivity index (χ3n) is 11.0. The molecule has 1 rings (SSSR count). The molecule has 328 valence electrons. The van der Waals surface area contributed by atoms with Crippen LogP contribution in [0.4, 0.5) is 0 Å². The number of carbonyl (C=O) groups is 2. The molecule has 1 fully saturated rings. The zero-order valence-corrected chi connectivity index (χ0v) is 37.6. The van der Waals surface area contributed by atoms with Gasteiger partial charge in [-0.3, -0.25) is 9.59 Å². The van der Waals surface area contributed by atoms with Crippen LogP contribution in [0.1, 0.15) is 226 Å². The Labute approximate surface area is 346 Å². The lowest BCUT2D eigenvalue weighted by atomic mass is 10.0. The van der Waals surface area contributed by atoms with Gasteiger partial charge in [-0.1, -0.05) is 174 Å². The molecule has 3 unspecified atom stereocenters. The number of likely N-dealkylation sites (tertiary alicyclic amines) is 1. The maximum absolute atomic E-state index is 12.9. The fraction of sp³-hybridized carbons (Fsp3) is 0.935. The van der Waals surface area contributed by atoms with E-state index in [0.717, 1.165) is 57.9 Å². The highest BCUT2D eigenvalue weighted by molar-refractivity contribution is 7.41. The van der Waals surface area contributed by atoms with Crippen molar-refractivity contribution >= 4 is 20.5 Å². The highest BCUT2D eigenvalue weighted by Gasteiger charge is 2.24. The van der Waals surface area contributed by atoms with Crippen molar-refractivity contribution in [1.29, 1.82) is 5.26 Å². The lowest BCUT2D eigenvalue weighted by molar-refractivity contribution is -0.161. The summed E-state index contributed by atoms with van der Waals surface area (Å²) in [4.78, 5) is 28.0. The van der Waals surface area contributed by atoms with Crippen LogP contribution in [0.15, 0.2) is 0 Å². The van der Waals surface area contributed by atoms with Gasteiger partial charge in [0.15, 0.2) is 6.10 Å². The molecule has 10 heteroatoms. The molecular formula is C46H87N2O7P. The van der Waals surface area contributed by atoms with Gasteiger partial charge in [-0.15, -0.1) is 0 Å². The molecule has 9 nitrogen and oxygen atoms in total. The molecule has 0 radical (unpaired) electrons. The van der Waals surface area contributed by atoms with E-state index in [1.165, 1.54) is 141 Å². The van der Waals surface area contributed by atoms with Crippen LogP contribution in [0.2, 0.25) is 0 Å². The van der Waals surface area contributed by atoms with E-state index in [-0.39, 0.29) is 38.2 Å².